The average molecular weight is 627 g/mol. The van der Waals surface area contributed by atoms with Crippen LogP contribution in [0.15, 0.2) is 18.2 Å². The first-order chi connectivity index (χ1) is 20.8. The summed E-state index contributed by atoms with van der Waals surface area (Å²) in [6.07, 6.45) is 6.96. The molecule has 45 heavy (non-hydrogen) atoms. The molecule has 5 fully saturated rings. The lowest BCUT2D eigenvalue weighted by Gasteiger charge is -2.65. The molecule has 0 saturated heterocycles. The monoisotopic (exact) mass is 626 g/mol. The Hall–Kier alpha value is -1.83. The minimum absolute atomic E-state index is 0.0113. The largest absolute Gasteiger partial charge is 0.504 e. The Kier molecular flexibility index (Phi) is 7.78. The van der Waals surface area contributed by atoms with Gasteiger partial charge in [0.1, 0.15) is 6.10 Å². The molecule has 0 bridgehead atoms. The van der Waals surface area contributed by atoms with Gasteiger partial charge >= 0.3 is 5.97 Å². The van der Waals surface area contributed by atoms with Crippen molar-refractivity contribution < 1.29 is 34.7 Å². The van der Waals surface area contributed by atoms with Gasteiger partial charge in [-0.15, -0.1) is 0 Å². The highest BCUT2D eigenvalue weighted by Gasteiger charge is 2.69. The number of aliphatic hydroxyl groups excluding tert-OH is 2. The Labute approximate surface area is 270 Å². The Morgan fingerprint density at radius 3 is 2.11 bits per heavy atom. The van der Waals surface area contributed by atoms with Gasteiger partial charge in [-0.2, -0.15) is 0 Å². The molecule has 4 N–H and O–H groups in total. The van der Waals surface area contributed by atoms with Gasteiger partial charge in [0, 0.05) is 5.41 Å². The SMILES string of the molecule is COc1cc(C(=O)OC2CCC3(C)C4CCC5C6(C)CCC(O)C(C)(C)C6CC(O)C5(O)CC4(C)CCC3C2(C)C)ccc1O. The van der Waals surface area contributed by atoms with Crippen LogP contribution in [0, 0.1) is 50.7 Å². The van der Waals surface area contributed by atoms with Gasteiger partial charge in [-0.25, -0.2) is 4.79 Å². The summed E-state index contributed by atoms with van der Waals surface area (Å²) in [5.74, 6) is 0.713. The van der Waals surface area contributed by atoms with E-state index in [-0.39, 0.29) is 62.6 Å². The molecule has 0 radical (unpaired) electrons. The molecule has 1 aromatic rings. The zero-order chi connectivity index (χ0) is 33.0. The van der Waals surface area contributed by atoms with Crippen LogP contribution in [-0.4, -0.2) is 57.4 Å². The van der Waals surface area contributed by atoms with Crippen LogP contribution in [0.3, 0.4) is 0 Å². The molecule has 0 aliphatic heterocycles. The predicted octanol–water partition coefficient (Wildman–Crippen LogP) is 6.88. The maximum Gasteiger partial charge on any atom is 0.338 e. The van der Waals surface area contributed by atoms with Crippen LogP contribution in [0.5, 0.6) is 11.5 Å². The van der Waals surface area contributed by atoms with Crippen molar-refractivity contribution in [3.05, 3.63) is 23.8 Å². The van der Waals surface area contributed by atoms with E-state index in [2.05, 4.69) is 48.5 Å². The Morgan fingerprint density at radius 1 is 0.778 bits per heavy atom. The van der Waals surface area contributed by atoms with Crippen molar-refractivity contribution in [1.29, 1.82) is 0 Å². The summed E-state index contributed by atoms with van der Waals surface area (Å²) in [5.41, 5.74) is -1.55. The van der Waals surface area contributed by atoms with E-state index >= 15 is 0 Å². The van der Waals surface area contributed by atoms with Gasteiger partial charge in [0.25, 0.3) is 0 Å². The van der Waals surface area contributed by atoms with Crippen LogP contribution in [-0.2, 0) is 4.74 Å². The lowest BCUT2D eigenvalue weighted by Crippen LogP contribution is -2.67. The van der Waals surface area contributed by atoms with Crippen LogP contribution in [0.2, 0.25) is 0 Å². The second-order valence-electron chi connectivity index (χ2n) is 17.9. The number of methoxy groups -OCH3 is 1. The zero-order valence-electron chi connectivity index (χ0n) is 28.9. The van der Waals surface area contributed by atoms with Crippen LogP contribution in [0.1, 0.15) is 123 Å². The lowest BCUT2D eigenvalue weighted by molar-refractivity contribution is -0.252. The number of aliphatic hydroxyl groups is 3. The number of fused-ring (bicyclic) bond motifs is 6. The van der Waals surface area contributed by atoms with Crippen molar-refractivity contribution in [1.82, 2.24) is 0 Å². The highest BCUT2D eigenvalue weighted by atomic mass is 16.5. The number of esters is 1. The van der Waals surface area contributed by atoms with Crippen molar-refractivity contribution in [2.24, 2.45) is 50.7 Å². The third-order valence-electron chi connectivity index (χ3n) is 15.2. The number of aromatic hydroxyl groups is 1. The van der Waals surface area contributed by atoms with E-state index in [0.29, 0.717) is 30.2 Å². The lowest BCUT2D eigenvalue weighted by atomic mass is 9.41. The van der Waals surface area contributed by atoms with Gasteiger partial charge in [-0.1, -0.05) is 48.5 Å². The molecule has 11 unspecified atom stereocenters. The molecule has 0 spiro atoms. The summed E-state index contributed by atoms with van der Waals surface area (Å²) in [6, 6.07) is 4.58. The summed E-state index contributed by atoms with van der Waals surface area (Å²) < 4.78 is 11.5. The number of ether oxygens (including phenoxy) is 2. The summed E-state index contributed by atoms with van der Waals surface area (Å²) in [4.78, 5) is 13.3. The van der Waals surface area contributed by atoms with E-state index in [9.17, 15) is 25.2 Å². The predicted molar refractivity (Wildman–Crippen MR) is 173 cm³/mol. The van der Waals surface area contributed by atoms with Crippen molar-refractivity contribution in [2.75, 3.05) is 7.11 Å². The number of carbonyl (C=O) groups is 1. The first kappa shape index (κ1) is 33.1. The molecule has 11 atom stereocenters. The summed E-state index contributed by atoms with van der Waals surface area (Å²) in [5, 5.41) is 45.5. The zero-order valence-corrected chi connectivity index (χ0v) is 28.9. The standard InChI is InChI=1S/C38H58O7/c1-33(2)28-20-30(41)38(43)21-35(5)16-13-25-34(3,4)31(45-32(42)22-9-10-23(39)24(19-22)44-8)15-18-36(25,6)26(35)11-12-27(38)37(28,7)17-14-29(33)40/h9-10,19,25-31,39-41,43H,11-18,20-21H2,1-8H3. The average Bonchev–Trinajstić information content (AvgIpc) is 3.09. The summed E-state index contributed by atoms with van der Waals surface area (Å²) >= 11 is 0. The molecular weight excluding hydrogens is 568 g/mol. The van der Waals surface area contributed by atoms with Gasteiger partial charge in [-0.05, 0) is 128 Å². The number of rotatable bonds is 3. The molecule has 0 amide bonds. The molecule has 7 nitrogen and oxygen atoms in total. The van der Waals surface area contributed by atoms with E-state index in [4.69, 9.17) is 9.47 Å². The minimum Gasteiger partial charge on any atom is -0.504 e. The number of phenolic OH excluding ortho intramolecular Hbond substituents is 1. The Bertz CT molecular complexity index is 1320. The van der Waals surface area contributed by atoms with E-state index in [1.54, 1.807) is 6.07 Å². The van der Waals surface area contributed by atoms with Crippen LogP contribution in [0.25, 0.3) is 0 Å². The van der Waals surface area contributed by atoms with Crippen LogP contribution in [0.4, 0.5) is 0 Å². The quantitative estimate of drug-likeness (QED) is 0.270. The third kappa shape index (κ3) is 4.71. The van der Waals surface area contributed by atoms with Gasteiger partial charge in [0.05, 0.1) is 30.5 Å². The highest BCUT2D eigenvalue weighted by molar-refractivity contribution is 5.90. The second kappa shape index (κ2) is 10.6. The van der Waals surface area contributed by atoms with Crippen LogP contribution < -0.4 is 4.74 Å². The van der Waals surface area contributed by atoms with E-state index in [1.807, 2.05) is 0 Å². The number of hydrogen-bond acceptors (Lipinski definition) is 7. The normalized spacial score (nSPS) is 46.8. The fourth-order valence-corrected chi connectivity index (χ4v) is 12.8. The first-order valence-electron chi connectivity index (χ1n) is 17.5. The molecule has 5 aliphatic rings. The molecule has 7 heteroatoms. The number of benzene rings is 1. The van der Waals surface area contributed by atoms with Crippen molar-refractivity contribution in [3.8, 4) is 11.5 Å². The number of carbonyl (C=O) groups excluding carboxylic acids is 1. The van der Waals surface area contributed by atoms with Gasteiger partial charge in [-0.3, -0.25) is 0 Å². The maximum atomic E-state index is 13.3. The van der Waals surface area contributed by atoms with Crippen LogP contribution >= 0.6 is 0 Å². The van der Waals surface area contributed by atoms with Crippen molar-refractivity contribution >= 4 is 5.97 Å². The number of hydrogen-bond donors (Lipinski definition) is 4. The van der Waals surface area contributed by atoms with E-state index < -0.39 is 17.7 Å². The first-order valence-corrected chi connectivity index (χ1v) is 17.5. The van der Waals surface area contributed by atoms with E-state index in [0.717, 1.165) is 51.4 Å². The Morgan fingerprint density at radius 2 is 1.42 bits per heavy atom. The van der Waals surface area contributed by atoms with Gasteiger partial charge in [0.2, 0.25) is 0 Å². The molecule has 5 aliphatic carbocycles. The smallest absolute Gasteiger partial charge is 0.338 e. The van der Waals surface area contributed by atoms with E-state index in [1.165, 1.54) is 19.2 Å². The summed E-state index contributed by atoms with van der Waals surface area (Å²) in [7, 11) is 1.47. The summed E-state index contributed by atoms with van der Waals surface area (Å²) in [6.45, 7) is 16.0. The molecule has 0 aromatic heterocycles. The molecule has 5 saturated carbocycles. The highest BCUT2D eigenvalue weighted by Crippen LogP contribution is 2.72. The fraction of sp³-hybridized carbons (Fsp3) is 0.816. The topological polar surface area (TPSA) is 116 Å². The molecular formula is C38H58O7. The molecule has 0 heterocycles. The van der Waals surface area contributed by atoms with Crippen molar-refractivity contribution in [2.45, 2.75) is 137 Å². The molecule has 1 aromatic carbocycles. The van der Waals surface area contributed by atoms with Gasteiger partial charge in [0.15, 0.2) is 11.5 Å². The van der Waals surface area contributed by atoms with Gasteiger partial charge < -0.3 is 29.9 Å². The van der Waals surface area contributed by atoms with Crippen molar-refractivity contribution in [3.63, 3.8) is 0 Å². The third-order valence-corrected chi connectivity index (χ3v) is 15.2. The molecule has 252 valence electrons. The number of phenols is 1. The maximum absolute atomic E-state index is 13.3. The molecule has 6 rings (SSSR count). The second-order valence-corrected chi connectivity index (χ2v) is 17.9. The fourth-order valence-electron chi connectivity index (χ4n) is 12.8. The Balaban J connectivity index is 1.28. The minimum atomic E-state index is -1.14.